The lowest BCUT2D eigenvalue weighted by atomic mass is 10.3. The second-order valence-electron chi connectivity index (χ2n) is 4.65. The van der Waals surface area contributed by atoms with Crippen LogP contribution >= 0.6 is 22.9 Å². The van der Waals surface area contributed by atoms with Crippen LogP contribution in [0.25, 0.3) is 11.0 Å². The van der Waals surface area contributed by atoms with Crippen molar-refractivity contribution >= 4 is 34.0 Å². The predicted octanol–water partition coefficient (Wildman–Crippen LogP) is 4.29. The van der Waals surface area contributed by atoms with Crippen molar-refractivity contribution in [3.8, 4) is 0 Å². The van der Waals surface area contributed by atoms with E-state index in [-0.39, 0.29) is 11.2 Å². The van der Waals surface area contributed by atoms with Crippen LogP contribution in [0, 0.1) is 12.7 Å². The zero-order valence-corrected chi connectivity index (χ0v) is 12.7. The number of aromatic nitrogens is 3. The molecular formula is C14H13ClFN3S. The molecule has 0 aliphatic heterocycles. The fourth-order valence-electron chi connectivity index (χ4n) is 2.23. The Kier molecular flexibility index (Phi) is 3.48. The summed E-state index contributed by atoms with van der Waals surface area (Å²) >= 11 is 7.84. The van der Waals surface area contributed by atoms with Gasteiger partial charge in [0, 0.05) is 17.1 Å². The maximum absolute atomic E-state index is 13.3. The van der Waals surface area contributed by atoms with Crippen LogP contribution in [0.5, 0.6) is 0 Å². The van der Waals surface area contributed by atoms with Gasteiger partial charge >= 0.3 is 0 Å². The number of alkyl halides is 1. The second-order valence-corrected chi connectivity index (χ2v) is 6.62. The average Bonchev–Trinajstić information content (AvgIpc) is 2.94. The summed E-state index contributed by atoms with van der Waals surface area (Å²) in [5.74, 6) is 0.461. The number of thiazole rings is 1. The highest BCUT2D eigenvalue weighted by Gasteiger charge is 2.16. The molecule has 1 aromatic carbocycles. The molecule has 3 nitrogen and oxygen atoms in total. The molecule has 0 saturated heterocycles. The lowest BCUT2D eigenvalue weighted by molar-refractivity contribution is 0.629. The first-order chi connectivity index (χ1) is 9.54. The monoisotopic (exact) mass is 309 g/mol. The number of halogens is 2. The first-order valence-corrected chi connectivity index (χ1v) is 7.51. The normalized spacial score (nSPS) is 13.0. The first-order valence-electron chi connectivity index (χ1n) is 6.25. The van der Waals surface area contributed by atoms with Crippen molar-refractivity contribution in [1.29, 1.82) is 0 Å². The highest BCUT2D eigenvalue weighted by molar-refractivity contribution is 7.11. The van der Waals surface area contributed by atoms with Gasteiger partial charge in [-0.25, -0.2) is 14.4 Å². The maximum Gasteiger partial charge on any atom is 0.128 e. The minimum Gasteiger partial charge on any atom is -0.321 e. The van der Waals surface area contributed by atoms with Crippen LogP contribution in [0.3, 0.4) is 0 Å². The van der Waals surface area contributed by atoms with Crippen molar-refractivity contribution in [2.45, 2.75) is 25.8 Å². The number of hydrogen-bond acceptors (Lipinski definition) is 3. The largest absolute Gasteiger partial charge is 0.321 e. The SMILES string of the molecule is Cc1ncc(Cn2c(C(C)Cl)nc3cc(F)ccc32)s1. The van der Waals surface area contributed by atoms with E-state index < -0.39 is 0 Å². The number of nitrogens with zero attached hydrogens (tertiary/aromatic N) is 3. The zero-order chi connectivity index (χ0) is 14.3. The van der Waals surface area contributed by atoms with Gasteiger partial charge in [-0.05, 0) is 26.0 Å². The van der Waals surface area contributed by atoms with Crippen LogP contribution in [-0.2, 0) is 6.54 Å². The summed E-state index contributed by atoms with van der Waals surface area (Å²) in [5.41, 5.74) is 1.52. The molecule has 0 spiro atoms. The minimum absolute atomic E-state index is 0.237. The third kappa shape index (κ3) is 2.43. The van der Waals surface area contributed by atoms with Crippen molar-refractivity contribution in [3.05, 3.63) is 45.9 Å². The Labute approximate surface area is 125 Å². The standard InChI is InChI=1S/C14H13ClFN3S/c1-8(15)14-18-12-5-10(16)3-4-13(12)19(14)7-11-6-17-9(2)20-11/h3-6,8H,7H2,1-2H3. The molecule has 2 heterocycles. The van der Waals surface area contributed by atoms with Crippen LogP contribution in [0.15, 0.2) is 24.4 Å². The Morgan fingerprint density at radius 3 is 2.90 bits per heavy atom. The highest BCUT2D eigenvalue weighted by Crippen LogP contribution is 2.27. The quantitative estimate of drug-likeness (QED) is 0.676. The van der Waals surface area contributed by atoms with E-state index in [0.717, 1.165) is 21.2 Å². The molecule has 0 saturated carbocycles. The van der Waals surface area contributed by atoms with E-state index in [4.69, 9.17) is 11.6 Å². The van der Waals surface area contributed by atoms with E-state index in [2.05, 4.69) is 9.97 Å². The van der Waals surface area contributed by atoms with Gasteiger partial charge in [0.05, 0.1) is 28.0 Å². The van der Waals surface area contributed by atoms with Gasteiger partial charge < -0.3 is 4.57 Å². The van der Waals surface area contributed by atoms with Crippen LogP contribution in [0.1, 0.15) is 28.0 Å². The maximum atomic E-state index is 13.3. The fourth-order valence-corrected chi connectivity index (χ4v) is 3.18. The molecule has 0 aliphatic rings. The van der Waals surface area contributed by atoms with E-state index in [1.807, 2.05) is 24.6 Å². The molecule has 0 N–H and O–H groups in total. The summed E-state index contributed by atoms with van der Waals surface area (Å²) in [4.78, 5) is 9.84. The third-order valence-electron chi connectivity index (χ3n) is 3.08. The molecule has 3 rings (SSSR count). The van der Waals surface area contributed by atoms with Gasteiger partial charge in [0.1, 0.15) is 11.6 Å². The molecule has 6 heteroatoms. The highest BCUT2D eigenvalue weighted by atomic mass is 35.5. The molecule has 0 aliphatic carbocycles. The van der Waals surface area contributed by atoms with E-state index in [9.17, 15) is 4.39 Å². The lowest BCUT2D eigenvalue weighted by Gasteiger charge is -2.08. The molecule has 0 amide bonds. The van der Waals surface area contributed by atoms with Gasteiger partial charge in [-0.15, -0.1) is 22.9 Å². The van der Waals surface area contributed by atoms with Crippen molar-refractivity contribution < 1.29 is 4.39 Å². The number of fused-ring (bicyclic) bond motifs is 1. The average molecular weight is 310 g/mol. The number of imidazole rings is 1. The van der Waals surface area contributed by atoms with Crippen molar-refractivity contribution in [2.75, 3.05) is 0 Å². The summed E-state index contributed by atoms with van der Waals surface area (Å²) < 4.78 is 15.3. The van der Waals surface area contributed by atoms with Crippen LogP contribution < -0.4 is 0 Å². The minimum atomic E-state index is -0.287. The summed E-state index contributed by atoms with van der Waals surface area (Å²) in [6.07, 6.45) is 1.86. The van der Waals surface area contributed by atoms with E-state index in [1.54, 1.807) is 17.4 Å². The smallest absolute Gasteiger partial charge is 0.128 e. The van der Waals surface area contributed by atoms with Crippen LogP contribution in [0.2, 0.25) is 0 Å². The Bertz CT molecular complexity index is 763. The van der Waals surface area contributed by atoms with Gasteiger partial charge in [-0.3, -0.25) is 0 Å². The number of aryl methyl sites for hydroxylation is 1. The Hall–Kier alpha value is -1.46. The van der Waals surface area contributed by atoms with Crippen LogP contribution in [0.4, 0.5) is 4.39 Å². The molecule has 0 fully saturated rings. The molecule has 0 bridgehead atoms. The number of benzene rings is 1. The summed E-state index contributed by atoms with van der Waals surface area (Å²) in [6.45, 7) is 4.49. The van der Waals surface area contributed by atoms with E-state index >= 15 is 0 Å². The molecule has 1 atom stereocenters. The Morgan fingerprint density at radius 2 is 2.25 bits per heavy atom. The van der Waals surface area contributed by atoms with Gasteiger partial charge in [0.2, 0.25) is 0 Å². The number of hydrogen-bond donors (Lipinski definition) is 0. The van der Waals surface area contributed by atoms with Gasteiger partial charge in [0.25, 0.3) is 0 Å². The topological polar surface area (TPSA) is 30.7 Å². The third-order valence-corrected chi connectivity index (χ3v) is 4.17. The summed E-state index contributed by atoms with van der Waals surface area (Å²) in [6, 6.07) is 4.63. The van der Waals surface area contributed by atoms with Crippen molar-refractivity contribution in [2.24, 2.45) is 0 Å². The Balaban J connectivity index is 2.13. The predicted molar refractivity (Wildman–Crippen MR) is 79.9 cm³/mol. The molecule has 2 aromatic heterocycles. The van der Waals surface area contributed by atoms with Gasteiger partial charge in [-0.2, -0.15) is 0 Å². The van der Waals surface area contributed by atoms with Gasteiger partial charge in [-0.1, -0.05) is 0 Å². The summed E-state index contributed by atoms with van der Waals surface area (Å²) in [7, 11) is 0. The van der Waals surface area contributed by atoms with E-state index in [1.165, 1.54) is 12.1 Å². The number of rotatable bonds is 3. The first kappa shape index (κ1) is 13.5. The van der Waals surface area contributed by atoms with Crippen molar-refractivity contribution in [1.82, 2.24) is 14.5 Å². The summed E-state index contributed by atoms with van der Waals surface area (Å²) in [5, 5.41) is 0.787. The Morgan fingerprint density at radius 1 is 1.45 bits per heavy atom. The zero-order valence-electron chi connectivity index (χ0n) is 11.1. The van der Waals surface area contributed by atoms with E-state index in [0.29, 0.717) is 12.1 Å². The molecule has 0 radical (unpaired) electrons. The fraction of sp³-hybridized carbons (Fsp3) is 0.286. The van der Waals surface area contributed by atoms with Crippen molar-refractivity contribution in [3.63, 3.8) is 0 Å². The molecular weight excluding hydrogens is 297 g/mol. The molecule has 3 aromatic rings. The van der Waals surface area contributed by atoms with Crippen LogP contribution in [-0.4, -0.2) is 14.5 Å². The van der Waals surface area contributed by atoms with Gasteiger partial charge in [0.15, 0.2) is 0 Å². The molecule has 20 heavy (non-hydrogen) atoms. The molecule has 104 valence electrons. The molecule has 1 unspecified atom stereocenters. The lowest BCUT2D eigenvalue weighted by Crippen LogP contribution is -2.04. The second kappa shape index (κ2) is 5.14.